The SMILES string of the molecule is Cc1ncsc1CCn1cc(C)c(=O)[nH]c1=O. The maximum absolute atomic E-state index is 11.5. The van der Waals surface area contributed by atoms with Crippen molar-refractivity contribution < 1.29 is 0 Å². The zero-order valence-corrected chi connectivity index (χ0v) is 10.5. The van der Waals surface area contributed by atoms with Crippen molar-refractivity contribution in [3.63, 3.8) is 0 Å². The van der Waals surface area contributed by atoms with Crippen LogP contribution >= 0.6 is 11.3 Å². The van der Waals surface area contributed by atoms with Crippen LogP contribution in [0.3, 0.4) is 0 Å². The number of thiazole rings is 1. The first-order valence-corrected chi connectivity index (χ1v) is 6.15. The van der Waals surface area contributed by atoms with Gasteiger partial charge in [-0.1, -0.05) is 0 Å². The first-order valence-electron chi connectivity index (χ1n) is 5.27. The van der Waals surface area contributed by atoms with Gasteiger partial charge in [0.15, 0.2) is 0 Å². The highest BCUT2D eigenvalue weighted by atomic mass is 32.1. The van der Waals surface area contributed by atoms with Crippen LogP contribution in [0.25, 0.3) is 0 Å². The average molecular weight is 251 g/mol. The van der Waals surface area contributed by atoms with E-state index in [1.165, 1.54) is 9.44 Å². The zero-order valence-electron chi connectivity index (χ0n) is 9.69. The van der Waals surface area contributed by atoms with E-state index in [0.717, 1.165) is 12.1 Å². The Balaban J connectivity index is 2.20. The first-order chi connectivity index (χ1) is 8.08. The molecule has 0 atom stereocenters. The number of hydrogen-bond acceptors (Lipinski definition) is 4. The van der Waals surface area contributed by atoms with Crippen LogP contribution in [0.1, 0.15) is 16.1 Å². The highest BCUT2D eigenvalue weighted by Gasteiger charge is 2.04. The predicted molar refractivity (Wildman–Crippen MR) is 66.6 cm³/mol. The fourth-order valence-electron chi connectivity index (χ4n) is 1.57. The molecule has 0 amide bonds. The number of aromatic amines is 1. The van der Waals surface area contributed by atoms with Gasteiger partial charge in [-0.05, 0) is 13.8 Å². The lowest BCUT2D eigenvalue weighted by molar-refractivity contribution is 0.643. The number of rotatable bonds is 3. The number of nitrogens with one attached hydrogen (secondary N) is 1. The molecule has 2 aromatic rings. The van der Waals surface area contributed by atoms with E-state index in [1.807, 2.05) is 6.92 Å². The van der Waals surface area contributed by atoms with Crippen molar-refractivity contribution in [3.05, 3.63) is 48.7 Å². The molecule has 0 aromatic carbocycles. The van der Waals surface area contributed by atoms with Crippen molar-refractivity contribution in [2.45, 2.75) is 26.8 Å². The summed E-state index contributed by atoms with van der Waals surface area (Å²) in [5, 5.41) is 0. The van der Waals surface area contributed by atoms with Gasteiger partial charge in [0, 0.05) is 29.6 Å². The van der Waals surface area contributed by atoms with E-state index in [-0.39, 0.29) is 11.2 Å². The van der Waals surface area contributed by atoms with Crippen molar-refractivity contribution in [3.8, 4) is 0 Å². The molecule has 0 aliphatic heterocycles. The summed E-state index contributed by atoms with van der Waals surface area (Å²) < 4.78 is 1.52. The third-order valence-electron chi connectivity index (χ3n) is 2.61. The molecule has 0 saturated carbocycles. The minimum absolute atomic E-state index is 0.319. The summed E-state index contributed by atoms with van der Waals surface area (Å²) in [7, 11) is 0. The van der Waals surface area contributed by atoms with Gasteiger partial charge in [-0.15, -0.1) is 11.3 Å². The van der Waals surface area contributed by atoms with Gasteiger partial charge in [-0.3, -0.25) is 14.3 Å². The van der Waals surface area contributed by atoms with Crippen LogP contribution in [-0.4, -0.2) is 14.5 Å². The molecular formula is C11H13N3O2S. The van der Waals surface area contributed by atoms with Gasteiger partial charge in [0.1, 0.15) is 0 Å². The quantitative estimate of drug-likeness (QED) is 0.879. The fourth-order valence-corrected chi connectivity index (χ4v) is 2.34. The van der Waals surface area contributed by atoms with Crippen molar-refractivity contribution in [2.75, 3.05) is 0 Å². The number of nitrogens with zero attached hydrogens (tertiary/aromatic N) is 2. The lowest BCUT2D eigenvalue weighted by atomic mass is 10.3. The second-order valence-corrected chi connectivity index (χ2v) is 4.82. The standard InChI is InChI=1S/C11H13N3O2S/c1-7-5-14(11(16)13-10(7)15)4-3-9-8(2)12-6-17-9/h5-6H,3-4H2,1-2H3,(H,13,15,16). The Morgan fingerprint density at radius 1 is 1.41 bits per heavy atom. The topological polar surface area (TPSA) is 67.8 Å². The molecule has 0 fully saturated rings. The Bertz CT molecular complexity index is 639. The van der Waals surface area contributed by atoms with Crippen LogP contribution in [-0.2, 0) is 13.0 Å². The summed E-state index contributed by atoms with van der Waals surface area (Å²) in [5.41, 5.74) is 2.67. The zero-order chi connectivity index (χ0) is 12.4. The molecule has 0 spiro atoms. The lowest BCUT2D eigenvalue weighted by Crippen LogP contribution is -2.31. The molecule has 0 aliphatic rings. The summed E-state index contributed by atoms with van der Waals surface area (Å²) in [5.74, 6) is 0. The predicted octanol–water partition coefficient (Wildman–Crippen LogP) is 0.853. The van der Waals surface area contributed by atoms with Crippen molar-refractivity contribution >= 4 is 11.3 Å². The second-order valence-electron chi connectivity index (χ2n) is 3.88. The minimum atomic E-state index is -0.359. The Morgan fingerprint density at radius 2 is 2.18 bits per heavy atom. The molecule has 2 aromatic heterocycles. The third-order valence-corrected chi connectivity index (χ3v) is 3.61. The Kier molecular flexibility index (Phi) is 3.23. The molecule has 2 heterocycles. The van der Waals surface area contributed by atoms with Gasteiger partial charge in [-0.25, -0.2) is 9.78 Å². The van der Waals surface area contributed by atoms with Gasteiger partial charge < -0.3 is 0 Å². The normalized spacial score (nSPS) is 10.7. The molecular weight excluding hydrogens is 238 g/mol. The monoisotopic (exact) mass is 251 g/mol. The molecule has 6 heteroatoms. The minimum Gasteiger partial charge on any atom is -0.300 e. The van der Waals surface area contributed by atoms with Crippen LogP contribution in [0.4, 0.5) is 0 Å². The molecule has 0 unspecified atom stereocenters. The highest BCUT2D eigenvalue weighted by molar-refractivity contribution is 7.09. The maximum atomic E-state index is 11.5. The summed E-state index contributed by atoms with van der Waals surface area (Å²) >= 11 is 1.58. The molecule has 0 bridgehead atoms. The highest BCUT2D eigenvalue weighted by Crippen LogP contribution is 2.12. The van der Waals surface area contributed by atoms with Crippen molar-refractivity contribution in [1.82, 2.24) is 14.5 Å². The lowest BCUT2D eigenvalue weighted by Gasteiger charge is -2.04. The largest absolute Gasteiger partial charge is 0.328 e. The van der Waals surface area contributed by atoms with Crippen LogP contribution in [0.15, 0.2) is 21.3 Å². The molecule has 0 saturated heterocycles. The van der Waals surface area contributed by atoms with Gasteiger partial charge >= 0.3 is 5.69 Å². The summed E-state index contributed by atoms with van der Waals surface area (Å²) in [4.78, 5) is 30.3. The smallest absolute Gasteiger partial charge is 0.300 e. The van der Waals surface area contributed by atoms with Gasteiger partial charge in [-0.2, -0.15) is 0 Å². The fraction of sp³-hybridized carbons (Fsp3) is 0.364. The van der Waals surface area contributed by atoms with Crippen LogP contribution in [0.5, 0.6) is 0 Å². The summed E-state index contributed by atoms with van der Waals surface area (Å²) in [6.45, 7) is 4.19. The molecule has 17 heavy (non-hydrogen) atoms. The van der Waals surface area contributed by atoms with E-state index in [9.17, 15) is 9.59 Å². The third kappa shape index (κ3) is 2.52. The van der Waals surface area contributed by atoms with E-state index in [2.05, 4.69) is 9.97 Å². The Labute approximate surface area is 102 Å². The first kappa shape index (κ1) is 11.8. The Morgan fingerprint density at radius 3 is 2.82 bits per heavy atom. The number of hydrogen-bond donors (Lipinski definition) is 1. The van der Waals surface area contributed by atoms with Gasteiger partial charge in [0.25, 0.3) is 5.56 Å². The van der Waals surface area contributed by atoms with Crippen molar-refractivity contribution in [1.29, 1.82) is 0 Å². The molecule has 0 aliphatic carbocycles. The van der Waals surface area contributed by atoms with E-state index >= 15 is 0 Å². The Hall–Kier alpha value is -1.69. The van der Waals surface area contributed by atoms with E-state index in [1.54, 1.807) is 30.0 Å². The molecule has 5 nitrogen and oxygen atoms in total. The van der Waals surface area contributed by atoms with Crippen LogP contribution < -0.4 is 11.2 Å². The van der Waals surface area contributed by atoms with Crippen LogP contribution in [0.2, 0.25) is 0 Å². The summed E-state index contributed by atoms with van der Waals surface area (Å²) in [6.07, 6.45) is 2.35. The van der Waals surface area contributed by atoms with Gasteiger partial charge in [0.05, 0.1) is 11.2 Å². The number of aromatic nitrogens is 3. The molecule has 90 valence electrons. The molecule has 1 N–H and O–H groups in total. The van der Waals surface area contributed by atoms with Crippen LogP contribution in [0, 0.1) is 13.8 Å². The summed E-state index contributed by atoms with van der Waals surface area (Å²) in [6, 6.07) is 0. The molecule has 2 rings (SSSR count). The second kappa shape index (κ2) is 4.67. The number of aryl methyl sites for hydroxylation is 4. The molecule has 0 radical (unpaired) electrons. The van der Waals surface area contributed by atoms with Gasteiger partial charge in [0.2, 0.25) is 0 Å². The van der Waals surface area contributed by atoms with E-state index in [4.69, 9.17) is 0 Å². The average Bonchev–Trinajstić information content (AvgIpc) is 2.68. The van der Waals surface area contributed by atoms with E-state index < -0.39 is 0 Å². The van der Waals surface area contributed by atoms with E-state index in [0.29, 0.717) is 12.1 Å². The number of H-pyrrole nitrogens is 1. The maximum Gasteiger partial charge on any atom is 0.328 e. The van der Waals surface area contributed by atoms with Crippen molar-refractivity contribution in [2.24, 2.45) is 0 Å².